The number of halogens is 3. The molecular weight excluding hydrogens is 259 g/mol. The molecule has 0 amide bonds. The maximum Gasteiger partial charge on any atom is 0.436 e. The molecule has 0 radical (unpaired) electrons. The predicted octanol–water partition coefficient (Wildman–Crippen LogP) is 2.33. The van der Waals surface area contributed by atoms with Gasteiger partial charge >= 0.3 is 6.18 Å². The Hall–Kier alpha value is -1.53. The van der Waals surface area contributed by atoms with E-state index >= 15 is 0 Å². The topological polar surface area (TPSA) is 52.5 Å². The van der Waals surface area contributed by atoms with Gasteiger partial charge in [0, 0.05) is 12.6 Å². The molecule has 2 unspecified atom stereocenters. The first-order valence-electron chi connectivity index (χ1n) is 5.77. The molecule has 0 aromatic heterocycles. The summed E-state index contributed by atoms with van der Waals surface area (Å²) in [6.45, 7) is 1.60. The lowest BCUT2D eigenvalue weighted by Gasteiger charge is -2.26. The van der Waals surface area contributed by atoms with E-state index < -0.39 is 24.4 Å². The fourth-order valence-electron chi connectivity index (χ4n) is 1.93. The van der Waals surface area contributed by atoms with Crippen LogP contribution >= 0.6 is 0 Å². The van der Waals surface area contributed by atoms with Crippen molar-refractivity contribution in [3.8, 4) is 0 Å². The standard InChI is InChI=1S/C13H14F3NO2/c1-8(18)9-2-4-10(5-3-9)11-6-12(19,17-7-11)13(14,15)16/h2-5,7-8,17-19H,6H2,1H3. The number of rotatable bonds is 2. The minimum atomic E-state index is -4.73. The van der Waals surface area contributed by atoms with Crippen LogP contribution in [-0.2, 0) is 0 Å². The second kappa shape index (κ2) is 4.54. The Balaban J connectivity index is 2.17. The molecule has 1 aliphatic heterocycles. The van der Waals surface area contributed by atoms with Gasteiger partial charge in [-0.25, -0.2) is 0 Å². The van der Waals surface area contributed by atoms with Crippen LogP contribution in [0.3, 0.4) is 0 Å². The van der Waals surface area contributed by atoms with Gasteiger partial charge in [-0.3, -0.25) is 0 Å². The minimum absolute atomic E-state index is 0.372. The third-order valence-corrected chi connectivity index (χ3v) is 3.16. The zero-order chi connectivity index (χ0) is 14.3. The van der Waals surface area contributed by atoms with E-state index in [-0.39, 0.29) is 0 Å². The van der Waals surface area contributed by atoms with Crippen LogP contribution in [0.1, 0.15) is 30.6 Å². The van der Waals surface area contributed by atoms with E-state index in [4.69, 9.17) is 0 Å². The SMILES string of the molecule is CC(O)c1ccc(C2=CNC(O)(C(F)(F)F)C2)cc1. The lowest BCUT2D eigenvalue weighted by atomic mass is 9.98. The molecule has 3 N–H and O–H groups in total. The molecule has 0 bridgehead atoms. The number of hydrogen-bond acceptors (Lipinski definition) is 3. The molecular formula is C13H14F3NO2. The highest BCUT2D eigenvalue weighted by molar-refractivity contribution is 5.68. The van der Waals surface area contributed by atoms with Gasteiger partial charge in [0.05, 0.1) is 6.10 Å². The third-order valence-electron chi connectivity index (χ3n) is 3.16. The van der Waals surface area contributed by atoms with Gasteiger partial charge in [0.25, 0.3) is 0 Å². The zero-order valence-corrected chi connectivity index (χ0v) is 10.2. The van der Waals surface area contributed by atoms with Gasteiger partial charge in [0.15, 0.2) is 0 Å². The highest BCUT2D eigenvalue weighted by Crippen LogP contribution is 2.39. The first kappa shape index (κ1) is 13.9. The Morgan fingerprint density at radius 3 is 2.26 bits per heavy atom. The van der Waals surface area contributed by atoms with Crippen LogP contribution in [0.4, 0.5) is 13.2 Å². The van der Waals surface area contributed by atoms with Crippen molar-refractivity contribution in [1.82, 2.24) is 5.32 Å². The molecule has 1 aromatic rings. The lowest BCUT2D eigenvalue weighted by Crippen LogP contribution is -2.52. The molecule has 0 fully saturated rings. The number of aliphatic hydroxyl groups excluding tert-OH is 1. The summed E-state index contributed by atoms with van der Waals surface area (Å²) in [5.41, 5.74) is -1.26. The van der Waals surface area contributed by atoms with Crippen molar-refractivity contribution in [1.29, 1.82) is 0 Å². The van der Waals surface area contributed by atoms with Crippen molar-refractivity contribution in [2.75, 3.05) is 0 Å². The lowest BCUT2D eigenvalue weighted by molar-refractivity contribution is -0.263. The summed E-state index contributed by atoms with van der Waals surface area (Å²) in [5.74, 6) is 0. The molecule has 1 aromatic carbocycles. The summed E-state index contributed by atoms with van der Waals surface area (Å²) in [4.78, 5) is 0. The molecule has 0 saturated heterocycles. The van der Waals surface area contributed by atoms with E-state index in [9.17, 15) is 23.4 Å². The van der Waals surface area contributed by atoms with Crippen LogP contribution in [0.5, 0.6) is 0 Å². The Labute approximate surface area is 108 Å². The molecule has 6 heteroatoms. The van der Waals surface area contributed by atoms with Crippen molar-refractivity contribution in [2.45, 2.75) is 31.3 Å². The fourth-order valence-corrected chi connectivity index (χ4v) is 1.93. The molecule has 3 nitrogen and oxygen atoms in total. The summed E-state index contributed by atoms with van der Waals surface area (Å²) in [6.07, 6.45) is -4.72. The van der Waals surface area contributed by atoms with Crippen LogP contribution in [0.2, 0.25) is 0 Å². The molecule has 2 atom stereocenters. The predicted molar refractivity (Wildman–Crippen MR) is 63.8 cm³/mol. The van der Waals surface area contributed by atoms with Crippen molar-refractivity contribution < 1.29 is 23.4 Å². The first-order valence-corrected chi connectivity index (χ1v) is 5.77. The smallest absolute Gasteiger partial charge is 0.389 e. The summed E-state index contributed by atoms with van der Waals surface area (Å²) in [6, 6.07) is 6.53. The van der Waals surface area contributed by atoms with Gasteiger partial charge in [0.2, 0.25) is 5.72 Å². The van der Waals surface area contributed by atoms with Crippen LogP contribution in [0.15, 0.2) is 30.5 Å². The Morgan fingerprint density at radius 2 is 1.84 bits per heavy atom. The summed E-state index contributed by atoms with van der Waals surface area (Å²) >= 11 is 0. The summed E-state index contributed by atoms with van der Waals surface area (Å²) in [7, 11) is 0. The number of nitrogens with one attached hydrogen (secondary N) is 1. The van der Waals surface area contributed by atoms with Gasteiger partial charge < -0.3 is 15.5 Å². The minimum Gasteiger partial charge on any atom is -0.389 e. The second-order valence-corrected chi connectivity index (χ2v) is 4.65. The fraction of sp³-hybridized carbons (Fsp3) is 0.385. The monoisotopic (exact) mass is 273 g/mol. The van der Waals surface area contributed by atoms with Crippen LogP contribution < -0.4 is 5.32 Å². The van der Waals surface area contributed by atoms with Crippen molar-refractivity contribution in [3.63, 3.8) is 0 Å². The van der Waals surface area contributed by atoms with Gasteiger partial charge in [0.1, 0.15) is 0 Å². The average Bonchev–Trinajstić information content (AvgIpc) is 2.73. The van der Waals surface area contributed by atoms with E-state index in [2.05, 4.69) is 0 Å². The highest BCUT2D eigenvalue weighted by Gasteiger charge is 2.55. The molecule has 104 valence electrons. The van der Waals surface area contributed by atoms with Gasteiger partial charge in [-0.15, -0.1) is 0 Å². The van der Waals surface area contributed by atoms with E-state index in [1.807, 2.05) is 5.32 Å². The summed E-state index contributed by atoms with van der Waals surface area (Å²) < 4.78 is 37.9. The molecule has 1 heterocycles. The van der Waals surface area contributed by atoms with Crippen LogP contribution in [0.25, 0.3) is 5.57 Å². The quantitative estimate of drug-likeness (QED) is 0.775. The molecule has 19 heavy (non-hydrogen) atoms. The Bertz CT molecular complexity index is 494. The Kier molecular flexibility index (Phi) is 3.32. The maximum absolute atomic E-state index is 12.6. The number of alkyl halides is 3. The van der Waals surface area contributed by atoms with Gasteiger partial charge in [-0.2, -0.15) is 13.2 Å². The van der Waals surface area contributed by atoms with Gasteiger partial charge in [-0.05, 0) is 23.6 Å². The number of hydrogen-bond donors (Lipinski definition) is 3. The van der Waals surface area contributed by atoms with E-state index in [1.165, 1.54) is 6.20 Å². The molecule has 1 aliphatic rings. The number of aliphatic hydroxyl groups is 2. The Morgan fingerprint density at radius 1 is 1.26 bits per heavy atom. The van der Waals surface area contributed by atoms with Crippen LogP contribution in [-0.4, -0.2) is 22.1 Å². The molecule has 2 rings (SSSR count). The third kappa shape index (κ3) is 2.59. The molecule has 0 spiro atoms. The molecule has 0 saturated carbocycles. The van der Waals surface area contributed by atoms with E-state index in [1.54, 1.807) is 31.2 Å². The normalized spacial score (nSPS) is 24.8. The van der Waals surface area contributed by atoms with Crippen molar-refractivity contribution in [3.05, 3.63) is 41.6 Å². The van der Waals surface area contributed by atoms with Crippen molar-refractivity contribution in [2.24, 2.45) is 0 Å². The van der Waals surface area contributed by atoms with Gasteiger partial charge in [-0.1, -0.05) is 24.3 Å². The van der Waals surface area contributed by atoms with E-state index in [0.717, 1.165) is 0 Å². The summed E-state index contributed by atoms with van der Waals surface area (Å²) in [5, 5.41) is 20.8. The first-order chi connectivity index (χ1) is 8.73. The van der Waals surface area contributed by atoms with E-state index in [0.29, 0.717) is 16.7 Å². The van der Waals surface area contributed by atoms with Crippen molar-refractivity contribution >= 4 is 5.57 Å². The zero-order valence-electron chi connectivity index (χ0n) is 10.2. The number of benzene rings is 1. The largest absolute Gasteiger partial charge is 0.436 e. The highest BCUT2D eigenvalue weighted by atomic mass is 19.4. The second-order valence-electron chi connectivity index (χ2n) is 4.65. The average molecular weight is 273 g/mol. The molecule has 0 aliphatic carbocycles. The van der Waals surface area contributed by atoms with Crippen LogP contribution in [0, 0.1) is 0 Å². The maximum atomic E-state index is 12.6.